The number of hydrogen-bond donors (Lipinski definition) is 1. The van der Waals surface area contributed by atoms with Crippen LogP contribution in [0.1, 0.15) is 36.0 Å². The van der Waals surface area contributed by atoms with Crippen molar-refractivity contribution >= 4 is 17.5 Å². The van der Waals surface area contributed by atoms with Crippen LogP contribution in [0.25, 0.3) is 0 Å². The molecule has 8 nitrogen and oxygen atoms in total. The first-order valence-electron chi connectivity index (χ1n) is 8.13. The number of amides is 2. The molecule has 1 aromatic heterocycles. The smallest absolute Gasteiger partial charge is 0.255 e. The number of tetrazole rings is 1. The molecule has 8 heteroatoms. The van der Waals surface area contributed by atoms with Crippen LogP contribution in [0.15, 0.2) is 30.6 Å². The number of nitrogens with one attached hydrogen (secondary N) is 1. The van der Waals surface area contributed by atoms with E-state index in [0.717, 1.165) is 38.8 Å². The Morgan fingerprint density at radius 1 is 1.08 bits per heavy atom. The van der Waals surface area contributed by atoms with Crippen LogP contribution in [0.5, 0.6) is 0 Å². The van der Waals surface area contributed by atoms with Crippen LogP contribution in [-0.4, -0.2) is 50.0 Å². The molecule has 0 spiro atoms. The van der Waals surface area contributed by atoms with Gasteiger partial charge in [0.2, 0.25) is 5.91 Å². The number of carbonyl (C=O) groups is 2. The summed E-state index contributed by atoms with van der Waals surface area (Å²) in [5.41, 5.74) is 1.04. The number of anilines is 1. The van der Waals surface area contributed by atoms with E-state index in [1.54, 1.807) is 18.2 Å². The minimum absolute atomic E-state index is 0.000755. The van der Waals surface area contributed by atoms with E-state index in [1.807, 2.05) is 11.0 Å². The van der Waals surface area contributed by atoms with Crippen molar-refractivity contribution < 1.29 is 9.59 Å². The molecule has 0 atom stereocenters. The molecule has 1 aliphatic heterocycles. The second-order valence-electron chi connectivity index (χ2n) is 5.81. The average Bonchev–Trinajstić information content (AvgIpc) is 2.94. The fraction of sp³-hybridized carbons (Fsp3) is 0.438. The molecule has 0 bridgehead atoms. The molecule has 24 heavy (non-hydrogen) atoms. The maximum atomic E-state index is 12.8. The monoisotopic (exact) mass is 328 g/mol. The Balaban J connectivity index is 1.72. The van der Waals surface area contributed by atoms with Crippen LogP contribution < -0.4 is 5.32 Å². The van der Waals surface area contributed by atoms with Gasteiger partial charge >= 0.3 is 0 Å². The number of likely N-dealkylation sites (tertiary alicyclic amines) is 1. The Labute approximate surface area is 139 Å². The number of nitrogens with zero attached hydrogens (tertiary/aromatic N) is 5. The van der Waals surface area contributed by atoms with Gasteiger partial charge in [0.25, 0.3) is 5.91 Å². The Morgan fingerprint density at radius 2 is 1.83 bits per heavy atom. The van der Waals surface area contributed by atoms with Crippen LogP contribution in [0.3, 0.4) is 0 Å². The van der Waals surface area contributed by atoms with Crippen molar-refractivity contribution in [2.24, 2.45) is 0 Å². The number of para-hydroxylation sites is 1. The summed E-state index contributed by atoms with van der Waals surface area (Å²) in [6.07, 6.45) is 5.75. The molecule has 0 aliphatic carbocycles. The predicted octanol–water partition coefficient (Wildman–Crippen LogP) is 1.33. The van der Waals surface area contributed by atoms with E-state index in [9.17, 15) is 9.59 Å². The highest BCUT2D eigenvalue weighted by atomic mass is 16.2. The number of benzene rings is 1. The first kappa shape index (κ1) is 16.1. The van der Waals surface area contributed by atoms with E-state index in [0.29, 0.717) is 11.3 Å². The van der Waals surface area contributed by atoms with Gasteiger partial charge in [0.05, 0.1) is 11.3 Å². The van der Waals surface area contributed by atoms with Crippen molar-refractivity contribution in [2.75, 3.05) is 18.4 Å². The molecule has 2 aromatic rings. The largest absolute Gasteiger partial charge is 0.339 e. The van der Waals surface area contributed by atoms with Crippen molar-refractivity contribution in [1.29, 1.82) is 0 Å². The second-order valence-corrected chi connectivity index (χ2v) is 5.81. The van der Waals surface area contributed by atoms with Crippen LogP contribution in [0.4, 0.5) is 5.69 Å². The third kappa shape index (κ3) is 3.95. The highest BCUT2D eigenvalue weighted by molar-refractivity contribution is 6.03. The number of carbonyl (C=O) groups excluding carboxylic acids is 2. The summed E-state index contributed by atoms with van der Waals surface area (Å²) in [6.45, 7) is 1.54. The van der Waals surface area contributed by atoms with Crippen LogP contribution in [0.2, 0.25) is 0 Å². The lowest BCUT2D eigenvalue weighted by Gasteiger charge is -2.22. The first-order valence-corrected chi connectivity index (χ1v) is 8.13. The van der Waals surface area contributed by atoms with Gasteiger partial charge in [-0.1, -0.05) is 25.0 Å². The zero-order valence-corrected chi connectivity index (χ0v) is 13.4. The molecule has 1 fully saturated rings. The maximum absolute atomic E-state index is 12.8. The van der Waals surface area contributed by atoms with E-state index >= 15 is 0 Å². The SMILES string of the molecule is O=C(Cn1cnnn1)Nc1ccccc1C(=O)N1CCCCCC1. The maximum Gasteiger partial charge on any atom is 0.255 e. The minimum Gasteiger partial charge on any atom is -0.339 e. The fourth-order valence-electron chi connectivity index (χ4n) is 2.81. The molecular weight excluding hydrogens is 308 g/mol. The molecular formula is C16H20N6O2. The second kappa shape index (κ2) is 7.67. The van der Waals surface area contributed by atoms with E-state index in [4.69, 9.17) is 0 Å². The molecule has 2 heterocycles. The van der Waals surface area contributed by atoms with Crippen molar-refractivity contribution in [2.45, 2.75) is 32.2 Å². The van der Waals surface area contributed by atoms with E-state index < -0.39 is 0 Å². The molecule has 1 aliphatic rings. The van der Waals surface area contributed by atoms with Gasteiger partial charge in [-0.3, -0.25) is 9.59 Å². The van der Waals surface area contributed by atoms with Gasteiger partial charge in [0.1, 0.15) is 12.9 Å². The van der Waals surface area contributed by atoms with Gasteiger partial charge < -0.3 is 10.2 Å². The van der Waals surface area contributed by atoms with Crippen LogP contribution >= 0.6 is 0 Å². The summed E-state index contributed by atoms with van der Waals surface area (Å²) < 4.78 is 1.33. The summed E-state index contributed by atoms with van der Waals surface area (Å²) in [6, 6.07) is 7.09. The molecule has 3 rings (SSSR count). The van der Waals surface area contributed by atoms with E-state index in [2.05, 4.69) is 20.8 Å². The van der Waals surface area contributed by atoms with Gasteiger partial charge in [-0.2, -0.15) is 0 Å². The normalized spacial score (nSPS) is 14.9. The summed E-state index contributed by atoms with van der Waals surface area (Å²) in [5, 5.41) is 13.4. The summed E-state index contributed by atoms with van der Waals surface area (Å²) in [4.78, 5) is 26.8. The lowest BCUT2D eigenvalue weighted by molar-refractivity contribution is -0.116. The topological polar surface area (TPSA) is 93.0 Å². The third-order valence-electron chi connectivity index (χ3n) is 4.02. The van der Waals surface area contributed by atoms with Gasteiger partial charge in [0.15, 0.2) is 0 Å². The Hall–Kier alpha value is -2.77. The lowest BCUT2D eigenvalue weighted by atomic mass is 10.1. The molecule has 2 amide bonds. The Bertz CT molecular complexity index is 692. The average molecular weight is 328 g/mol. The third-order valence-corrected chi connectivity index (χ3v) is 4.02. The molecule has 0 saturated carbocycles. The minimum atomic E-state index is -0.279. The fourth-order valence-corrected chi connectivity index (χ4v) is 2.81. The van der Waals surface area contributed by atoms with Gasteiger partial charge in [-0.15, -0.1) is 5.10 Å². The zero-order valence-electron chi connectivity index (χ0n) is 13.4. The van der Waals surface area contributed by atoms with Gasteiger partial charge in [-0.05, 0) is 35.4 Å². The Kier molecular flexibility index (Phi) is 5.15. The summed E-state index contributed by atoms with van der Waals surface area (Å²) >= 11 is 0. The summed E-state index contributed by atoms with van der Waals surface area (Å²) in [7, 11) is 0. The lowest BCUT2D eigenvalue weighted by Crippen LogP contribution is -2.32. The van der Waals surface area contributed by atoms with Crippen LogP contribution in [-0.2, 0) is 11.3 Å². The standard InChI is InChI=1S/C16H20N6O2/c23-15(11-22-12-17-19-20-22)18-14-8-4-3-7-13(14)16(24)21-9-5-1-2-6-10-21/h3-4,7-8,12H,1-2,5-6,9-11H2,(H,18,23). The quantitative estimate of drug-likeness (QED) is 0.914. The molecule has 1 N–H and O–H groups in total. The van der Waals surface area contributed by atoms with E-state index in [1.165, 1.54) is 11.0 Å². The molecule has 1 aromatic carbocycles. The molecule has 0 unspecified atom stereocenters. The number of rotatable bonds is 4. The zero-order chi connectivity index (χ0) is 16.8. The highest BCUT2D eigenvalue weighted by Gasteiger charge is 2.20. The van der Waals surface area contributed by atoms with Crippen molar-refractivity contribution in [3.8, 4) is 0 Å². The van der Waals surface area contributed by atoms with Crippen molar-refractivity contribution in [3.63, 3.8) is 0 Å². The van der Waals surface area contributed by atoms with Gasteiger partial charge in [0, 0.05) is 13.1 Å². The van der Waals surface area contributed by atoms with E-state index in [-0.39, 0.29) is 18.4 Å². The van der Waals surface area contributed by atoms with Gasteiger partial charge in [-0.25, -0.2) is 4.68 Å². The van der Waals surface area contributed by atoms with Crippen molar-refractivity contribution in [1.82, 2.24) is 25.1 Å². The highest BCUT2D eigenvalue weighted by Crippen LogP contribution is 2.20. The Morgan fingerprint density at radius 3 is 2.54 bits per heavy atom. The van der Waals surface area contributed by atoms with Crippen LogP contribution in [0, 0.1) is 0 Å². The molecule has 0 radical (unpaired) electrons. The summed E-state index contributed by atoms with van der Waals surface area (Å²) in [5.74, 6) is -0.311. The predicted molar refractivity (Wildman–Crippen MR) is 87.3 cm³/mol. The molecule has 126 valence electrons. The molecule has 1 saturated heterocycles. The number of aromatic nitrogens is 4. The number of hydrogen-bond acceptors (Lipinski definition) is 5. The first-order chi connectivity index (χ1) is 11.7. The van der Waals surface area contributed by atoms with Crippen molar-refractivity contribution in [3.05, 3.63) is 36.2 Å².